The molecule has 0 N–H and O–H groups in total. The van der Waals surface area contributed by atoms with Crippen LogP contribution in [0.2, 0.25) is 0 Å². The van der Waals surface area contributed by atoms with Gasteiger partial charge in [0.25, 0.3) is 0 Å². The average molecular weight is 82.9 g/mol. The predicted octanol–water partition coefficient (Wildman–Crippen LogP) is -0.645. The second kappa shape index (κ2) is 1.24. The summed E-state index contributed by atoms with van der Waals surface area (Å²) in [5.41, 5.74) is 0. The molecule has 1 radical (unpaired) electrons. The van der Waals surface area contributed by atoms with Crippen LogP contribution in [0.1, 0.15) is 0 Å². The lowest BCUT2D eigenvalue weighted by Crippen LogP contribution is -2.53. The van der Waals surface area contributed by atoms with Crippen molar-refractivity contribution in [3.05, 3.63) is 0 Å². The topological polar surface area (TPSA) is 6.48 Å². The summed E-state index contributed by atoms with van der Waals surface area (Å²) in [4.78, 5) is 4.25. The van der Waals surface area contributed by atoms with Crippen LogP contribution in [0.15, 0.2) is 0 Å². The molecule has 0 amide bonds. The van der Waals surface area contributed by atoms with Crippen LogP contribution in [-0.4, -0.2) is 37.9 Å². The molecule has 1 aliphatic rings. The van der Waals surface area contributed by atoms with Crippen molar-refractivity contribution in [3.63, 3.8) is 0 Å². The van der Waals surface area contributed by atoms with Gasteiger partial charge in [0.15, 0.2) is 0 Å². The van der Waals surface area contributed by atoms with Crippen LogP contribution in [0, 0.1) is 0 Å². The summed E-state index contributed by atoms with van der Waals surface area (Å²) in [6, 6.07) is 0. The quantitative estimate of drug-likeness (QED) is 0.359. The van der Waals surface area contributed by atoms with E-state index in [1.807, 2.05) is 0 Å². The molecule has 0 unspecified atom stereocenters. The summed E-state index contributed by atoms with van der Waals surface area (Å²) in [6.45, 7) is 1.08. The average Bonchev–Trinajstić information content (AvgIpc) is 1.33. The van der Waals surface area contributed by atoms with E-state index in [1.165, 1.54) is 0 Å². The standard InChI is InChI=1S/C3H8BN2/c1-5-3-6(2)4-5/h3H2,1-2H3. The highest BCUT2D eigenvalue weighted by Gasteiger charge is 2.16. The maximum absolute atomic E-state index is 2.12. The van der Waals surface area contributed by atoms with Crippen molar-refractivity contribution < 1.29 is 0 Å². The van der Waals surface area contributed by atoms with E-state index < -0.39 is 0 Å². The fraction of sp³-hybridized carbons (Fsp3) is 1.00. The number of hydrogen-bond donors (Lipinski definition) is 0. The monoisotopic (exact) mass is 83.1 g/mol. The van der Waals surface area contributed by atoms with Crippen LogP contribution in [-0.2, 0) is 0 Å². The Morgan fingerprint density at radius 2 is 1.67 bits per heavy atom. The Hall–Kier alpha value is -0.0151. The van der Waals surface area contributed by atoms with Crippen molar-refractivity contribution in [3.8, 4) is 0 Å². The van der Waals surface area contributed by atoms with E-state index in [4.69, 9.17) is 0 Å². The van der Waals surface area contributed by atoms with Crippen LogP contribution in [0.25, 0.3) is 0 Å². The van der Waals surface area contributed by atoms with E-state index >= 15 is 0 Å². The second-order valence-electron chi connectivity index (χ2n) is 1.77. The molecule has 0 aromatic heterocycles. The van der Waals surface area contributed by atoms with Crippen molar-refractivity contribution in [2.24, 2.45) is 0 Å². The molecule has 0 spiro atoms. The van der Waals surface area contributed by atoms with Gasteiger partial charge in [0.05, 0.1) is 0 Å². The molecule has 2 nitrogen and oxygen atoms in total. The number of nitrogens with zero attached hydrogens (tertiary/aromatic N) is 2. The fourth-order valence-electron chi connectivity index (χ4n) is 0.665. The number of rotatable bonds is 0. The molecule has 33 valence electrons. The first-order valence-electron chi connectivity index (χ1n) is 2.04. The first-order valence-corrected chi connectivity index (χ1v) is 2.04. The Bertz CT molecular complexity index is 44.8. The van der Waals surface area contributed by atoms with E-state index in [0.29, 0.717) is 0 Å². The normalized spacial score (nSPS) is 25.7. The predicted molar refractivity (Wildman–Crippen MR) is 26.1 cm³/mol. The van der Waals surface area contributed by atoms with E-state index in [-0.39, 0.29) is 0 Å². The van der Waals surface area contributed by atoms with Gasteiger partial charge in [-0.25, -0.2) is 0 Å². The molecular formula is C3H8BN2. The Balaban J connectivity index is 2.11. The molecule has 0 bridgehead atoms. The van der Waals surface area contributed by atoms with Crippen molar-refractivity contribution in [2.75, 3.05) is 20.8 Å². The SMILES string of the molecule is CN1[B]N(C)C1. The van der Waals surface area contributed by atoms with Crippen LogP contribution >= 0.6 is 0 Å². The number of hydrogen-bond acceptors (Lipinski definition) is 2. The maximum Gasteiger partial charge on any atom is 0.314 e. The Kier molecular flexibility index (Phi) is 0.859. The zero-order valence-corrected chi connectivity index (χ0v) is 4.18. The first kappa shape index (κ1) is 4.15. The molecule has 1 fully saturated rings. The van der Waals surface area contributed by atoms with Crippen molar-refractivity contribution >= 4 is 7.55 Å². The van der Waals surface area contributed by atoms with E-state index in [2.05, 4.69) is 31.3 Å². The van der Waals surface area contributed by atoms with Crippen molar-refractivity contribution in [2.45, 2.75) is 0 Å². The molecule has 0 aliphatic carbocycles. The lowest BCUT2D eigenvalue weighted by atomic mass is 10.0. The van der Waals surface area contributed by atoms with Crippen LogP contribution in [0.4, 0.5) is 0 Å². The minimum atomic E-state index is 1.08. The highest BCUT2D eigenvalue weighted by atomic mass is 15.3. The fourth-order valence-corrected chi connectivity index (χ4v) is 0.665. The van der Waals surface area contributed by atoms with Crippen LogP contribution < -0.4 is 0 Å². The lowest BCUT2D eigenvalue weighted by Gasteiger charge is -2.35. The molecule has 1 aliphatic heterocycles. The minimum absolute atomic E-state index is 1.08. The Morgan fingerprint density at radius 1 is 1.33 bits per heavy atom. The van der Waals surface area contributed by atoms with Gasteiger partial charge in [-0.3, -0.25) is 0 Å². The summed E-state index contributed by atoms with van der Waals surface area (Å²) in [6.07, 6.45) is 0. The van der Waals surface area contributed by atoms with Crippen LogP contribution in [0.3, 0.4) is 0 Å². The summed E-state index contributed by atoms with van der Waals surface area (Å²) in [5, 5.41) is 0. The summed E-state index contributed by atoms with van der Waals surface area (Å²) in [5.74, 6) is 0. The molecular weight excluding hydrogens is 74.9 g/mol. The summed E-state index contributed by atoms with van der Waals surface area (Å²) >= 11 is 0. The molecule has 1 saturated heterocycles. The maximum atomic E-state index is 2.12. The molecule has 6 heavy (non-hydrogen) atoms. The van der Waals surface area contributed by atoms with Gasteiger partial charge in [-0.15, -0.1) is 0 Å². The Labute approximate surface area is 39.0 Å². The highest BCUT2D eigenvalue weighted by Crippen LogP contribution is 1.94. The molecule has 0 atom stereocenters. The summed E-state index contributed by atoms with van der Waals surface area (Å²) < 4.78 is 0. The van der Waals surface area contributed by atoms with E-state index in [9.17, 15) is 0 Å². The second-order valence-corrected chi connectivity index (χ2v) is 1.77. The first-order chi connectivity index (χ1) is 2.79. The third-order valence-corrected chi connectivity index (χ3v) is 0.840. The van der Waals surface area contributed by atoms with Gasteiger partial charge in [-0.05, 0) is 14.1 Å². The molecule has 0 saturated carbocycles. The largest absolute Gasteiger partial charge is 0.323 e. The minimum Gasteiger partial charge on any atom is -0.323 e. The third-order valence-electron chi connectivity index (χ3n) is 0.840. The van der Waals surface area contributed by atoms with Gasteiger partial charge in [-0.1, -0.05) is 0 Å². The molecule has 1 heterocycles. The molecule has 0 aromatic rings. The van der Waals surface area contributed by atoms with Crippen molar-refractivity contribution in [1.82, 2.24) is 9.62 Å². The smallest absolute Gasteiger partial charge is 0.314 e. The highest BCUT2D eigenvalue weighted by molar-refractivity contribution is 6.31. The third kappa shape index (κ3) is 0.557. The van der Waals surface area contributed by atoms with E-state index in [1.54, 1.807) is 0 Å². The lowest BCUT2D eigenvalue weighted by molar-refractivity contribution is 0.269. The summed E-state index contributed by atoms with van der Waals surface area (Å²) in [7, 11) is 6.17. The molecule has 3 heteroatoms. The van der Waals surface area contributed by atoms with Crippen LogP contribution in [0.5, 0.6) is 0 Å². The van der Waals surface area contributed by atoms with Gasteiger partial charge in [0.1, 0.15) is 0 Å². The molecule has 1 rings (SSSR count). The van der Waals surface area contributed by atoms with Gasteiger partial charge < -0.3 is 9.62 Å². The molecule has 0 aromatic carbocycles. The van der Waals surface area contributed by atoms with Gasteiger partial charge in [0.2, 0.25) is 0 Å². The van der Waals surface area contributed by atoms with Crippen molar-refractivity contribution in [1.29, 1.82) is 0 Å². The van der Waals surface area contributed by atoms with Gasteiger partial charge in [0, 0.05) is 6.67 Å². The van der Waals surface area contributed by atoms with Gasteiger partial charge in [-0.2, -0.15) is 0 Å². The van der Waals surface area contributed by atoms with E-state index in [0.717, 1.165) is 6.67 Å². The zero-order chi connectivity index (χ0) is 4.57. The van der Waals surface area contributed by atoms with Gasteiger partial charge >= 0.3 is 7.55 Å². The Morgan fingerprint density at radius 3 is 1.67 bits per heavy atom. The zero-order valence-electron chi connectivity index (χ0n) is 4.18.